The van der Waals surface area contributed by atoms with Crippen LogP contribution in [0.1, 0.15) is 6.92 Å². The average Bonchev–Trinajstić information content (AvgIpc) is 2.18. The molecule has 0 bridgehead atoms. The van der Waals surface area contributed by atoms with E-state index in [1.165, 1.54) is 0 Å². The third-order valence-corrected chi connectivity index (χ3v) is 4.24. The summed E-state index contributed by atoms with van der Waals surface area (Å²) in [6, 6.07) is 0. The molecule has 0 aliphatic carbocycles. The van der Waals surface area contributed by atoms with Crippen molar-refractivity contribution in [1.29, 1.82) is 0 Å². The van der Waals surface area contributed by atoms with Crippen molar-refractivity contribution in [1.82, 2.24) is 0 Å². The summed E-state index contributed by atoms with van der Waals surface area (Å²) in [5, 5.41) is 0. The second kappa shape index (κ2) is 8.56. The molecule has 0 saturated heterocycles. The highest BCUT2D eigenvalue weighted by atomic mass is 32.2. The van der Waals surface area contributed by atoms with Crippen molar-refractivity contribution >= 4 is 41.3 Å². The van der Waals surface area contributed by atoms with Crippen molar-refractivity contribution in [2.45, 2.75) is 6.92 Å². The molecule has 0 radical (unpaired) electrons. The topological polar surface area (TPSA) is 26.3 Å². The SMILES string of the molecule is CCOC(=O)C(CSC)=C(SC)SC. The Bertz CT molecular complexity index is 208. The van der Waals surface area contributed by atoms with E-state index in [9.17, 15) is 4.79 Å². The zero-order valence-electron chi connectivity index (χ0n) is 8.96. The van der Waals surface area contributed by atoms with Gasteiger partial charge in [0, 0.05) is 5.75 Å². The summed E-state index contributed by atoms with van der Waals surface area (Å²) in [5.74, 6) is 0.538. The maximum atomic E-state index is 11.6. The van der Waals surface area contributed by atoms with Crippen LogP contribution in [0.3, 0.4) is 0 Å². The zero-order valence-corrected chi connectivity index (χ0v) is 11.4. The predicted octanol–water partition coefficient (Wildman–Crippen LogP) is 2.85. The van der Waals surface area contributed by atoms with Crippen LogP contribution in [-0.2, 0) is 9.53 Å². The molecule has 0 aliphatic heterocycles. The Kier molecular flexibility index (Phi) is 8.72. The van der Waals surface area contributed by atoms with Crippen LogP contribution in [0.25, 0.3) is 0 Å². The summed E-state index contributed by atoms with van der Waals surface area (Å²) in [6.07, 6.45) is 5.94. The highest BCUT2D eigenvalue weighted by Gasteiger charge is 2.15. The summed E-state index contributed by atoms with van der Waals surface area (Å²) in [6.45, 7) is 2.26. The Morgan fingerprint density at radius 3 is 2.14 bits per heavy atom. The van der Waals surface area contributed by atoms with Gasteiger partial charge < -0.3 is 4.74 Å². The van der Waals surface area contributed by atoms with E-state index in [4.69, 9.17) is 4.74 Å². The molecule has 0 fully saturated rings. The molecule has 0 aliphatic rings. The summed E-state index contributed by atoms with van der Waals surface area (Å²) < 4.78 is 6.06. The summed E-state index contributed by atoms with van der Waals surface area (Å²) in [4.78, 5) is 11.6. The Morgan fingerprint density at radius 1 is 1.21 bits per heavy atom. The lowest BCUT2D eigenvalue weighted by atomic mass is 10.3. The number of thioether (sulfide) groups is 3. The molecule has 0 N–H and O–H groups in total. The molecule has 0 amide bonds. The van der Waals surface area contributed by atoms with E-state index < -0.39 is 0 Å². The molecule has 0 saturated carbocycles. The molecule has 0 spiro atoms. The van der Waals surface area contributed by atoms with Crippen LogP contribution in [0, 0.1) is 0 Å². The number of carbonyl (C=O) groups excluding carboxylic acids is 1. The summed E-state index contributed by atoms with van der Waals surface area (Å²) >= 11 is 4.84. The lowest BCUT2D eigenvalue weighted by molar-refractivity contribution is -0.138. The standard InChI is InChI=1S/C9H16O2S3/c1-5-11-8(10)7(6-12-2)9(13-3)14-4/h5-6H2,1-4H3. The van der Waals surface area contributed by atoms with Crippen molar-refractivity contribution in [2.75, 3.05) is 31.1 Å². The van der Waals surface area contributed by atoms with Crippen LogP contribution in [0.4, 0.5) is 0 Å². The van der Waals surface area contributed by atoms with Crippen molar-refractivity contribution in [3.05, 3.63) is 9.81 Å². The third-order valence-electron chi connectivity index (χ3n) is 1.43. The van der Waals surface area contributed by atoms with Gasteiger partial charge in [-0.15, -0.1) is 23.5 Å². The van der Waals surface area contributed by atoms with Gasteiger partial charge in [-0.05, 0) is 25.7 Å². The molecule has 0 aromatic heterocycles. The molecule has 0 unspecified atom stereocenters. The van der Waals surface area contributed by atoms with Crippen molar-refractivity contribution in [3.63, 3.8) is 0 Å². The fraction of sp³-hybridized carbons (Fsp3) is 0.667. The second-order valence-electron chi connectivity index (χ2n) is 2.33. The molecule has 82 valence electrons. The number of hydrogen-bond acceptors (Lipinski definition) is 5. The molecule has 0 aromatic carbocycles. The van der Waals surface area contributed by atoms with Gasteiger partial charge in [-0.3, -0.25) is 0 Å². The third kappa shape index (κ3) is 4.66. The number of ether oxygens (including phenoxy) is 1. The molecule has 5 heteroatoms. The number of hydrogen-bond donors (Lipinski definition) is 0. The van der Waals surface area contributed by atoms with E-state index in [2.05, 4.69) is 0 Å². The van der Waals surface area contributed by atoms with Crippen LogP contribution >= 0.6 is 35.3 Å². The van der Waals surface area contributed by atoms with Crippen LogP contribution in [0.2, 0.25) is 0 Å². The van der Waals surface area contributed by atoms with Crippen molar-refractivity contribution in [3.8, 4) is 0 Å². The average molecular weight is 252 g/mol. The van der Waals surface area contributed by atoms with Gasteiger partial charge in [0.05, 0.1) is 16.4 Å². The molecule has 0 heterocycles. The van der Waals surface area contributed by atoms with Gasteiger partial charge in [0.25, 0.3) is 0 Å². The van der Waals surface area contributed by atoms with E-state index in [1.807, 2.05) is 25.7 Å². The van der Waals surface area contributed by atoms with Gasteiger partial charge >= 0.3 is 5.97 Å². The number of rotatable bonds is 6. The molecule has 0 atom stereocenters. The van der Waals surface area contributed by atoms with E-state index in [1.54, 1.807) is 35.3 Å². The lowest BCUT2D eigenvalue weighted by Gasteiger charge is -2.09. The first kappa shape index (κ1) is 14.3. The quantitative estimate of drug-likeness (QED) is 0.535. The van der Waals surface area contributed by atoms with Gasteiger partial charge in [-0.2, -0.15) is 11.8 Å². The first-order valence-corrected chi connectivity index (χ1v) is 8.02. The van der Waals surface area contributed by atoms with Gasteiger partial charge in [-0.1, -0.05) is 0 Å². The number of esters is 1. The van der Waals surface area contributed by atoms with Crippen molar-refractivity contribution in [2.24, 2.45) is 0 Å². The predicted molar refractivity (Wildman–Crippen MR) is 69.1 cm³/mol. The van der Waals surface area contributed by atoms with E-state index in [0.29, 0.717) is 6.61 Å². The highest BCUT2D eigenvalue weighted by molar-refractivity contribution is 8.21. The summed E-state index contributed by atoms with van der Waals surface area (Å²) in [7, 11) is 0. The molecule has 0 aromatic rings. The molecule has 0 rings (SSSR count). The minimum atomic E-state index is -0.180. The fourth-order valence-corrected chi connectivity index (χ4v) is 3.10. The largest absolute Gasteiger partial charge is 0.463 e. The number of carbonyl (C=O) groups is 1. The minimum Gasteiger partial charge on any atom is -0.463 e. The van der Waals surface area contributed by atoms with Gasteiger partial charge in [0.2, 0.25) is 0 Å². The van der Waals surface area contributed by atoms with Crippen LogP contribution in [0.5, 0.6) is 0 Å². The molecular formula is C9H16O2S3. The van der Waals surface area contributed by atoms with Crippen LogP contribution < -0.4 is 0 Å². The van der Waals surface area contributed by atoms with E-state index in [-0.39, 0.29) is 5.97 Å². The Hall–Kier alpha value is 0.260. The van der Waals surface area contributed by atoms with Crippen LogP contribution in [0.15, 0.2) is 9.81 Å². The minimum absolute atomic E-state index is 0.180. The first-order chi connectivity index (χ1) is 6.71. The molecular weight excluding hydrogens is 236 g/mol. The maximum absolute atomic E-state index is 11.6. The van der Waals surface area contributed by atoms with Gasteiger partial charge in [0.1, 0.15) is 0 Å². The second-order valence-corrected chi connectivity index (χ2v) is 5.09. The Labute approximate surface area is 98.6 Å². The smallest absolute Gasteiger partial charge is 0.336 e. The summed E-state index contributed by atoms with van der Waals surface area (Å²) in [5.41, 5.74) is 0.791. The van der Waals surface area contributed by atoms with Gasteiger partial charge in [-0.25, -0.2) is 4.79 Å². The monoisotopic (exact) mass is 252 g/mol. The Morgan fingerprint density at radius 2 is 1.79 bits per heavy atom. The van der Waals surface area contributed by atoms with Crippen LogP contribution in [-0.4, -0.2) is 37.1 Å². The van der Waals surface area contributed by atoms with Crippen molar-refractivity contribution < 1.29 is 9.53 Å². The normalized spacial score (nSPS) is 9.71. The molecule has 14 heavy (non-hydrogen) atoms. The van der Waals surface area contributed by atoms with Gasteiger partial charge in [0.15, 0.2) is 0 Å². The Balaban J connectivity index is 4.70. The lowest BCUT2D eigenvalue weighted by Crippen LogP contribution is -2.10. The fourth-order valence-electron chi connectivity index (χ4n) is 0.893. The zero-order chi connectivity index (χ0) is 11.0. The maximum Gasteiger partial charge on any atom is 0.336 e. The van der Waals surface area contributed by atoms with E-state index in [0.717, 1.165) is 15.6 Å². The van der Waals surface area contributed by atoms with E-state index >= 15 is 0 Å². The highest BCUT2D eigenvalue weighted by Crippen LogP contribution is 2.29. The molecule has 2 nitrogen and oxygen atoms in total. The first-order valence-electron chi connectivity index (χ1n) is 4.18.